The van der Waals surface area contributed by atoms with E-state index in [-0.39, 0.29) is 5.91 Å². The zero-order chi connectivity index (χ0) is 18.6. The van der Waals surface area contributed by atoms with Gasteiger partial charge < -0.3 is 10.2 Å². The molecule has 0 bridgehead atoms. The third-order valence-electron chi connectivity index (χ3n) is 4.61. The average Bonchev–Trinajstić information content (AvgIpc) is 2.73. The molecule has 0 unspecified atom stereocenters. The lowest BCUT2D eigenvalue weighted by Crippen LogP contribution is -2.36. The summed E-state index contributed by atoms with van der Waals surface area (Å²) in [6, 6.07) is 19.1. The predicted molar refractivity (Wildman–Crippen MR) is 101 cm³/mol. The zero-order valence-electron chi connectivity index (χ0n) is 14.6. The second-order valence-corrected chi connectivity index (χ2v) is 6.32. The average molecular weight is 355 g/mol. The molecule has 0 fully saturated rings. The first-order valence-corrected chi connectivity index (χ1v) is 8.69. The van der Waals surface area contributed by atoms with Crippen LogP contribution in [-0.2, 0) is 13.0 Å². The van der Waals surface area contributed by atoms with Gasteiger partial charge in [0.15, 0.2) is 0 Å². The second kappa shape index (κ2) is 7.26. The number of anilines is 2. The van der Waals surface area contributed by atoms with E-state index in [4.69, 9.17) is 0 Å². The van der Waals surface area contributed by atoms with Crippen molar-refractivity contribution in [1.82, 2.24) is 14.9 Å². The lowest BCUT2D eigenvalue weighted by molar-refractivity contribution is 0.0728. The minimum Gasteiger partial charge on any atom is -0.339 e. The normalized spacial score (nSPS) is 12.8. The molecule has 3 aromatic rings. The van der Waals surface area contributed by atoms with Crippen LogP contribution in [0, 0.1) is 11.3 Å². The molecule has 6 heteroatoms. The van der Waals surface area contributed by atoms with Gasteiger partial charge in [-0.1, -0.05) is 36.4 Å². The molecular weight excluding hydrogens is 338 g/mol. The number of para-hydroxylation sites is 1. The molecule has 1 aliphatic heterocycles. The summed E-state index contributed by atoms with van der Waals surface area (Å²) in [6.07, 6.45) is 2.20. The van der Waals surface area contributed by atoms with E-state index in [1.807, 2.05) is 18.2 Å². The van der Waals surface area contributed by atoms with Crippen LogP contribution in [-0.4, -0.2) is 27.3 Å². The monoisotopic (exact) mass is 355 g/mol. The molecule has 1 N–H and O–H groups in total. The first kappa shape index (κ1) is 16.7. The number of hydrogen-bond donors (Lipinski definition) is 1. The number of aromatic nitrogens is 2. The van der Waals surface area contributed by atoms with Crippen LogP contribution in [0.25, 0.3) is 0 Å². The number of benzene rings is 2. The number of nitriles is 1. The molecule has 0 spiro atoms. The summed E-state index contributed by atoms with van der Waals surface area (Å²) >= 11 is 0. The SMILES string of the molecule is N#Cc1ccccc1Nc1cc(C(=O)N2CCc3ccccc3C2)ncn1. The third-order valence-corrected chi connectivity index (χ3v) is 4.61. The van der Waals surface area contributed by atoms with Crippen LogP contribution in [0.4, 0.5) is 11.5 Å². The van der Waals surface area contributed by atoms with Crippen molar-refractivity contribution < 1.29 is 4.79 Å². The Morgan fingerprint density at radius 1 is 1.07 bits per heavy atom. The summed E-state index contributed by atoms with van der Waals surface area (Å²) < 4.78 is 0. The van der Waals surface area contributed by atoms with Crippen LogP contribution in [0.5, 0.6) is 0 Å². The quantitative estimate of drug-likeness (QED) is 0.779. The standard InChI is InChI=1S/C21H17N5O/c22-12-16-6-3-4-8-18(16)25-20-11-19(23-14-24-20)21(27)26-10-9-15-5-1-2-7-17(15)13-26/h1-8,11,14H,9-10,13H2,(H,23,24,25). The predicted octanol–water partition coefficient (Wildman–Crippen LogP) is 3.29. The third kappa shape index (κ3) is 3.48. The molecule has 0 saturated carbocycles. The van der Waals surface area contributed by atoms with Gasteiger partial charge in [0.2, 0.25) is 0 Å². The molecule has 0 radical (unpaired) electrons. The number of carbonyl (C=O) groups is 1. The van der Waals surface area contributed by atoms with Crippen molar-refractivity contribution in [2.24, 2.45) is 0 Å². The Bertz CT molecular complexity index is 1040. The number of hydrogen-bond acceptors (Lipinski definition) is 5. The number of rotatable bonds is 3. The van der Waals surface area contributed by atoms with Crippen LogP contribution in [0.2, 0.25) is 0 Å². The van der Waals surface area contributed by atoms with Crippen molar-refractivity contribution in [3.8, 4) is 6.07 Å². The molecule has 132 valence electrons. The number of amides is 1. The van der Waals surface area contributed by atoms with E-state index in [2.05, 4.69) is 33.5 Å². The molecule has 6 nitrogen and oxygen atoms in total. The van der Waals surface area contributed by atoms with Crippen molar-refractivity contribution >= 4 is 17.4 Å². The van der Waals surface area contributed by atoms with Gasteiger partial charge in [-0.3, -0.25) is 4.79 Å². The number of fused-ring (bicyclic) bond motifs is 1. The summed E-state index contributed by atoms with van der Waals surface area (Å²) in [5.41, 5.74) is 3.95. The van der Waals surface area contributed by atoms with E-state index < -0.39 is 0 Å². The molecule has 0 saturated heterocycles. The van der Waals surface area contributed by atoms with Crippen molar-refractivity contribution in [2.75, 3.05) is 11.9 Å². The minimum atomic E-state index is -0.122. The summed E-state index contributed by atoms with van der Waals surface area (Å²) in [5, 5.41) is 12.3. The zero-order valence-corrected chi connectivity index (χ0v) is 14.6. The highest BCUT2D eigenvalue weighted by atomic mass is 16.2. The van der Waals surface area contributed by atoms with Gasteiger partial charge in [0.25, 0.3) is 5.91 Å². The van der Waals surface area contributed by atoms with Crippen molar-refractivity contribution in [3.05, 3.63) is 83.3 Å². The molecule has 0 atom stereocenters. The van der Waals surface area contributed by atoms with Gasteiger partial charge in [0, 0.05) is 19.2 Å². The fraction of sp³-hybridized carbons (Fsp3) is 0.143. The smallest absolute Gasteiger partial charge is 0.272 e. The fourth-order valence-electron chi connectivity index (χ4n) is 3.20. The Labute approximate surface area is 157 Å². The molecular formula is C21H17N5O. The van der Waals surface area contributed by atoms with Crippen molar-refractivity contribution in [3.63, 3.8) is 0 Å². The highest BCUT2D eigenvalue weighted by Gasteiger charge is 2.22. The summed E-state index contributed by atoms with van der Waals surface area (Å²) in [7, 11) is 0. The Hall–Kier alpha value is -3.72. The Morgan fingerprint density at radius 2 is 1.85 bits per heavy atom. The lowest BCUT2D eigenvalue weighted by atomic mass is 10.00. The number of nitrogens with zero attached hydrogens (tertiary/aromatic N) is 4. The maximum atomic E-state index is 12.9. The van der Waals surface area contributed by atoms with Gasteiger partial charge in [-0.15, -0.1) is 0 Å². The van der Waals surface area contributed by atoms with Crippen molar-refractivity contribution in [1.29, 1.82) is 5.26 Å². The summed E-state index contributed by atoms with van der Waals surface area (Å²) in [6.45, 7) is 1.25. The minimum absolute atomic E-state index is 0.122. The Kier molecular flexibility index (Phi) is 4.50. The van der Waals surface area contributed by atoms with Gasteiger partial charge in [0.1, 0.15) is 23.9 Å². The highest BCUT2D eigenvalue weighted by molar-refractivity contribution is 5.93. The van der Waals surface area contributed by atoms with Crippen LogP contribution in [0.1, 0.15) is 27.2 Å². The van der Waals surface area contributed by atoms with Crippen LogP contribution in [0.3, 0.4) is 0 Å². The molecule has 2 aromatic carbocycles. The maximum Gasteiger partial charge on any atom is 0.272 e. The first-order chi connectivity index (χ1) is 13.2. The van der Waals surface area contributed by atoms with Gasteiger partial charge in [0.05, 0.1) is 11.3 Å². The number of carbonyl (C=O) groups excluding carboxylic acids is 1. The topological polar surface area (TPSA) is 81.9 Å². The van der Waals surface area contributed by atoms with E-state index in [0.717, 1.165) is 6.42 Å². The Morgan fingerprint density at radius 3 is 2.70 bits per heavy atom. The van der Waals surface area contributed by atoms with Gasteiger partial charge in [-0.05, 0) is 29.7 Å². The number of nitrogens with one attached hydrogen (secondary N) is 1. The van der Waals surface area contributed by atoms with Crippen LogP contribution in [0.15, 0.2) is 60.9 Å². The van der Waals surface area contributed by atoms with E-state index in [0.29, 0.717) is 35.9 Å². The van der Waals surface area contributed by atoms with Gasteiger partial charge >= 0.3 is 0 Å². The molecule has 1 aliphatic rings. The van der Waals surface area contributed by atoms with E-state index in [1.54, 1.807) is 29.2 Å². The Balaban J connectivity index is 1.54. The van der Waals surface area contributed by atoms with Gasteiger partial charge in [-0.25, -0.2) is 9.97 Å². The second-order valence-electron chi connectivity index (χ2n) is 6.32. The summed E-state index contributed by atoms with van der Waals surface area (Å²) in [4.78, 5) is 23.0. The van der Waals surface area contributed by atoms with Gasteiger partial charge in [-0.2, -0.15) is 5.26 Å². The molecule has 1 aromatic heterocycles. The molecule has 2 heterocycles. The highest BCUT2D eigenvalue weighted by Crippen LogP contribution is 2.22. The maximum absolute atomic E-state index is 12.9. The largest absolute Gasteiger partial charge is 0.339 e. The molecule has 0 aliphatic carbocycles. The molecule has 27 heavy (non-hydrogen) atoms. The fourth-order valence-corrected chi connectivity index (χ4v) is 3.20. The molecule has 4 rings (SSSR count). The van der Waals surface area contributed by atoms with E-state index in [1.165, 1.54) is 17.5 Å². The van der Waals surface area contributed by atoms with E-state index >= 15 is 0 Å². The first-order valence-electron chi connectivity index (χ1n) is 8.69. The summed E-state index contributed by atoms with van der Waals surface area (Å²) in [5.74, 6) is 0.358. The van der Waals surface area contributed by atoms with Crippen LogP contribution < -0.4 is 5.32 Å². The van der Waals surface area contributed by atoms with Crippen LogP contribution >= 0.6 is 0 Å². The molecule has 1 amide bonds. The lowest BCUT2D eigenvalue weighted by Gasteiger charge is -2.28. The van der Waals surface area contributed by atoms with Crippen molar-refractivity contribution in [2.45, 2.75) is 13.0 Å². The van der Waals surface area contributed by atoms with E-state index in [9.17, 15) is 10.1 Å².